The van der Waals surface area contributed by atoms with Crippen LogP contribution in [-0.4, -0.2) is 0 Å². The normalized spacial score (nSPS) is 12.4. The summed E-state index contributed by atoms with van der Waals surface area (Å²) in [5.74, 6) is 5.72. The Kier molecular flexibility index (Phi) is 4.75. The highest BCUT2D eigenvalue weighted by molar-refractivity contribution is 9.10. The number of nitrogens with two attached hydrogens (primary N) is 1. The Morgan fingerprint density at radius 3 is 2.53 bits per heavy atom. The van der Waals surface area contributed by atoms with Crippen molar-refractivity contribution in [2.24, 2.45) is 5.84 Å². The Bertz CT molecular complexity index is 566. The Morgan fingerprint density at radius 1 is 1.11 bits per heavy atom. The summed E-state index contributed by atoms with van der Waals surface area (Å²) in [5.41, 5.74) is 8.01. The number of aryl methyl sites for hydroxylation is 2. The number of rotatable bonds is 4. The second kappa shape index (κ2) is 6.33. The van der Waals surface area contributed by atoms with E-state index in [1.807, 2.05) is 12.1 Å². The van der Waals surface area contributed by atoms with E-state index in [9.17, 15) is 0 Å². The topological polar surface area (TPSA) is 38.0 Å². The van der Waals surface area contributed by atoms with Crippen LogP contribution in [0, 0.1) is 13.8 Å². The third kappa shape index (κ3) is 3.66. The lowest BCUT2D eigenvalue weighted by molar-refractivity contribution is 0.551. The molecule has 2 aromatic carbocycles. The van der Waals surface area contributed by atoms with Crippen LogP contribution in [0.2, 0.25) is 0 Å². The van der Waals surface area contributed by atoms with Crippen LogP contribution in [0.25, 0.3) is 0 Å². The number of hydrogen-bond donors (Lipinski definition) is 2. The van der Waals surface area contributed by atoms with E-state index in [0.717, 1.165) is 10.9 Å². The van der Waals surface area contributed by atoms with Crippen LogP contribution in [0.5, 0.6) is 0 Å². The van der Waals surface area contributed by atoms with Crippen LogP contribution >= 0.6 is 15.9 Å². The lowest BCUT2D eigenvalue weighted by Crippen LogP contribution is -2.29. The Balaban J connectivity index is 2.22. The summed E-state index contributed by atoms with van der Waals surface area (Å²) in [7, 11) is 0. The smallest absolute Gasteiger partial charge is 0.0500 e. The number of hydrazine groups is 1. The molecule has 19 heavy (non-hydrogen) atoms. The fourth-order valence-electron chi connectivity index (χ4n) is 2.15. The maximum Gasteiger partial charge on any atom is 0.0500 e. The molecule has 0 bridgehead atoms. The average molecular weight is 319 g/mol. The van der Waals surface area contributed by atoms with Crippen LogP contribution in [0.1, 0.15) is 28.3 Å². The minimum absolute atomic E-state index is 0.133. The van der Waals surface area contributed by atoms with Crippen molar-refractivity contribution in [1.82, 2.24) is 5.43 Å². The van der Waals surface area contributed by atoms with Gasteiger partial charge in [0.2, 0.25) is 0 Å². The summed E-state index contributed by atoms with van der Waals surface area (Å²) in [5, 5.41) is 0. The molecule has 0 fully saturated rings. The molecule has 0 aromatic heterocycles. The molecule has 0 aliphatic heterocycles. The van der Waals surface area contributed by atoms with E-state index in [1.165, 1.54) is 22.3 Å². The van der Waals surface area contributed by atoms with Gasteiger partial charge in [0, 0.05) is 10.5 Å². The summed E-state index contributed by atoms with van der Waals surface area (Å²) in [6.07, 6.45) is 0.873. The molecular weight excluding hydrogens is 300 g/mol. The number of hydrogen-bond acceptors (Lipinski definition) is 2. The third-order valence-electron chi connectivity index (χ3n) is 3.46. The molecule has 0 aliphatic rings. The molecule has 100 valence electrons. The molecule has 0 amide bonds. The van der Waals surface area contributed by atoms with Crippen LogP contribution < -0.4 is 11.3 Å². The van der Waals surface area contributed by atoms with Crippen LogP contribution in [0.4, 0.5) is 0 Å². The summed E-state index contributed by atoms with van der Waals surface area (Å²) in [6, 6.07) is 15.0. The van der Waals surface area contributed by atoms with E-state index in [4.69, 9.17) is 5.84 Å². The molecular formula is C16H19BrN2. The van der Waals surface area contributed by atoms with Gasteiger partial charge in [0.1, 0.15) is 0 Å². The molecule has 1 unspecified atom stereocenters. The number of nitrogens with one attached hydrogen (secondary N) is 1. The van der Waals surface area contributed by atoms with E-state index < -0.39 is 0 Å². The predicted molar refractivity (Wildman–Crippen MR) is 83.8 cm³/mol. The number of benzene rings is 2. The van der Waals surface area contributed by atoms with Gasteiger partial charge < -0.3 is 0 Å². The molecule has 3 heteroatoms. The maximum atomic E-state index is 5.72. The van der Waals surface area contributed by atoms with E-state index in [1.54, 1.807) is 0 Å². The molecule has 0 aliphatic carbocycles. The van der Waals surface area contributed by atoms with E-state index in [2.05, 4.69) is 65.5 Å². The van der Waals surface area contributed by atoms with Gasteiger partial charge >= 0.3 is 0 Å². The van der Waals surface area contributed by atoms with E-state index >= 15 is 0 Å². The van der Waals surface area contributed by atoms with Gasteiger partial charge in [-0.1, -0.05) is 46.3 Å². The highest BCUT2D eigenvalue weighted by Crippen LogP contribution is 2.22. The standard InChI is InChI=1S/C16H19BrN2/c1-11-6-7-14(8-12(11)2)16(19-18)10-13-4-3-5-15(17)9-13/h3-9,16,19H,10,18H2,1-2H3. The summed E-state index contributed by atoms with van der Waals surface area (Å²) in [4.78, 5) is 0. The highest BCUT2D eigenvalue weighted by Gasteiger charge is 2.11. The SMILES string of the molecule is Cc1ccc(C(Cc2cccc(Br)c2)NN)cc1C. The molecule has 2 rings (SSSR count). The predicted octanol–water partition coefficient (Wildman–Crippen LogP) is 3.81. The van der Waals surface area contributed by atoms with Gasteiger partial charge in [-0.3, -0.25) is 11.3 Å². The Morgan fingerprint density at radius 2 is 1.89 bits per heavy atom. The minimum atomic E-state index is 0.133. The summed E-state index contributed by atoms with van der Waals surface area (Å²) in [6.45, 7) is 4.25. The molecule has 3 N–H and O–H groups in total. The van der Waals surface area contributed by atoms with Gasteiger partial charge in [0.25, 0.3) is 0 Å². The first-order valence-corrected chi connectivity index (χ1v) is 7.17. The fraction of sp³-hybridized carbons (Fsp3) is 0.250. The van der Waals surface area contributed by atoms with Crippen molar-refractivity contribution in [1.29, 1.82) is 0 Å². The minimum Gasteiger partial charge on any atom is -0.271 e. The largest absolute Gasteiger partial charge is 0.271 e. The molecule has 0 spiro atoms. The van der Waals surface area contributed by atoms with Crippen molar-refractivity contribution in [2.75, 3.05) is 0 Å². The van der Waals surface area contributed by atoms with Crippen LogP contribution in [0.15, 0.2) is 46.9 Å². The summed E-state index contributed by atoms with van der Waals surface area (Å²) >= 11 is 3.50. The second-order valence-electron chi connectivity index (χ2n) is 4.90. The Hall–Kier alpha value is -1.16. The summed E-state index contributed by atoms with van der Waals surface area (Å²) < 4.78 is 1.10. The molecule has 0 heterocycles. The van der Waals surface area contributed by atoms with Gasteiger partial charge in [0.05, 0.1) is 0 Å². The zero-order valence-electron chi connectivity index (χ0n) is 11.3. The van der Waals surface area contributed by atoms with Crippen LogP contribution in [0.3, 0.4) is 0 Å². The second-order valence-corrected chi connectivity index (χ2v) is 5.81. The first kappa shape index (κ1) is 14.3. The fourth-order valence-corrected chi connectivity index (χ4v) is 2.60. The molecule has 2 nitrogen and oxygen atoms in total. The lowest BCUT2D eigenvalue weighted by Gasteiger charge is -2.18. The van der Waals surface area contributed by atoms with Crippen molar-refractivity contribution in [3.8, 4) is 0 Å². The quantitative estimate of drug-likeness (QED) is 0.664. The third-order valence-corrected chi connectivity index (χ3v) is 3.96. The van der Waals surface area contributed by atoms with Crippen molar-refractivity contribution in [3.63, 3.8) is 0 Å². The first-order chi connectivity index (χ1) is 9.10. The van der Waals surface area contributed by atoms with E-state index in [0.29, 0.717) is 0 Å². The average Bonchev–Trinajstić information content (AvgIpc) is 2.39. The lowest BCUT2D eigenvalue weighted by atomic mass is 9.96. The van der Waals surface area contributed by atoms with Gasteiger partial charge in [-0.15, -0.1) is 0 Å². The molecule has 0 saturated carbocycles. The highest BCUT2D eigenvalue weighted by atomic mass is 79.9. The Labute approximate surface area is 123 Å². The molecule has 2 aromatic rings. The first-order valence-electron chi connectivity index (χ1n) is 6.38. The van der Waals surface area contributed by atoms with Gasteiger partial charge in [-0.05, 0) is 54.7 Å². The van der Waals surface area contributed by atoms with Crippen molar-refractivity contribution >= 4 is 15.9 Å². The number of halogens is 1. The van der Waals surface area contributed by atoms with Crippen molar-refractivity contribution in [3.05, 3.63) is 69.2 Å². The zero-order valence-corrected chi connectivity index (χ0v) is 12.9. The zero-order chi connectivity index (χ0) is 13.8. The van der Waals surface area contributed by atoms with Gasteiger partial charge in [0.15, 0.2) is 0 Å². The maximum absolute atomic E-state index is 5.72. The molecule has 1 atom stereocenters. The van der Waals surface area contributed by atoms with Crippen molar-refractivity contribution < 1.29 is 0 Å². The van der Waals surface area contributed by atoms with Gasteiger partial charge in [-0.25, -0.2) is 0 Å². The monoisotopic (exact) mass is 318 g/mol. The molecule has 0 saturated heterocycles. The van der Waals surface area contributed by atoms with E-state index in [-0.39, 0.29) is 6.04 Å². The van der Waals surface area contributed by atoms with Crippen LogP contribution in [-0.2, 0) is 6.42 Å². The molecule has 0 radical (unpaired) electrons. The van der Waals surface area contributed by atoms with Gasteiger partial charge in [-0.2, -0.15) is 0 Å². The van der Waals surface area contributed by atoms with Crippen molar-refractivity contribution in [2.45, 2.75) is 26.3 Å².